The van der Waals surface area contributed by atoms with Crippen molar-refractivity contribution in [1.29, 1.82) is 0 Å². The molecule has 1 atom stereocenters. The predicted octanol–water partition coefficient (Wildman–Crippen LogP) is 1.76. The van der Waals surface area contributed by atoms with Crippen molar-refractivity contribution in [2.45, 2.75) is 37.6 Å². The molecule has 0 unspecified atom stereocenters. The molecule has 17 heavy (non-hydrogen) atoms. The maximum Gasteiger partial charge on any atom is 0.257 e. The van der Waals surface area contributed by atoms with Gasteiger partial charge in [0.1, 0.15) is 5.82 Å². The summed E-state index contributed by atoms with van der Waals surface area (Å²) in [5.74, 6) is -2.73. The van der Waals surface area contributed by atoms with Gasteiger partial charge in [0.15, 0.2) is 0 Å². The normalized spacial score (nSPS) is 26.6. The third-order valence-corrected chi connectivity index (χ3v) is 3.44. The number of carbonyl (C=O) groups excluding carboxylic acids is 1. The second-order valence-electron chi connectivity index (χ2n) is 4.72. The Morgan fingerprint density at radius 3 is 2.88 bits per heavy atom. The van der Waals surface area contributed by atoms with Crippen molar-refractivity contribution in [3.8, 4) is 0 Å². The van der Waals surface area contributed by atoms with E-state index >= 15 is 0 Å². The summed E-state index contributed by atoms with van der Waals surface area (Å²) < 4.78 is 27.6. The van der Waals surface area contributed by atoms with Crippen molar-refractivity contribution < 1.29 is 13.6 Å². The Kier molecular flexibility index (Phi) is 2.06. The van der Waals surface area contributed by atoms with Crippen LogP contribution in [0.3, 0.4) is 0 Å². The molecule has 6 heteroatoms. The van der Waals surface area contributed by atoms with E-state index in [9.17, 15) is 13.6 Å². The molecule has 1 aliphatic carbocycles. The van der Waals surface area contributed by atoms with Gasteiger partial charge >= 0.3 is 0 Å². The van der Waals surface area contributed by atoms with Gasteiger partial charge < -0.3 is 4.90 Å². The van der Waals surface area contributed by atoms with Gasteiger partial charge in [-0.2, -0.15) is 5.10 Å². The number of fused-ring (bicyclic) bond motifs is 1. The van der Waals surface area contributed by atoms with Crippen LogP contribution in [0.2, 0.25) is 0 Å². The molecule has 0 aromatic carbocycles. The lowest BCUT2D eigenvalue weighted by Gasteiger charge is -2.13. The van der Waals surface area contributed by atoms with Crippen LogP contribution in [0.25, 0.3) is 0 Å². The fourth-order valence-corrected chi connectivity index (χ4v) is 2.24. The standard InChI is InChI=1S/C11H13F2N3O/c1-15-9-5-8(7-6-11(7,12)13)14-16(9)4-2-3-10(15)17/h5,7H,2-4,6H2,1H3/t7-/m0/s1. The first-order valence-electron chi connectivity index (χ1n) is 5.71. The van der Waals surface area contributed by atoms with Gasteiger partial charge in [-0.1, -0.05) is 0 Å². The van der Waals surface area contributed by atoms with Crippen LogP contribution in [0.15, 0.2) is 6.07 Å². The number of halogens is 2. The second kappa shape index (κ2) is 3.27. The number of nitrogens with zero attached hydrogens (tertiary/aromatic N) is 3. The van der Waals surface area contributed by atoms with Crippen molar-refractivity contribution in [2.75, 3.05) is 11.9 Å². The number of aromatic nitrogens is 2. The fourth-order valence-electron chi connectivity index (χ4n) is 2.24. The number of amides is 1. The number of rotatable bonds is 1. The first kappa shape index (κ1) is 10.7. The first-order valence-corrected chi connectivity index (χ1v) is 5.71. The predicted molar refractivity (Wildman–Crippen MR) is 57.2 cm³/mol. The topological polar surface area (TPSA) is 38.1 Å². The highest BCUT2D eigenvalue weighted by Gasteiger charge is 2.59. The first-order chi connectivity index (χ1) is 7.99. The van der Waals surface area contributed by atoms with Crippen molar-refractivity contribution in [2.24, 2.45) is 0 Å². The molecule has 2 aliphatic rings. The lowest BCUT2D eigenvalue weighted by Crippen LogP contribution is -2.25. The molecule has 1 fully saturated rings. The van der Waals surface area contributed by atoms with Crippen LogP contribution < -0.4 is 4.90 Å². The number of alkyl halides is 2. The van der Waals surface area contributed by atoms with Crippen LogP contribution in [-0.4, -0.2) is 28.7 Å². The zero-order valence-electron chi connectivity index (χ0n) is 9.49. The van der Waals surface area contributed by atoms with E-state index in [4.69, 9.17) is 0 Å². The fraction of sp³-hybridized carbons (Fsp3) is 0.636. The highest BCUT2D eigenvalue weighted by molar-refractivity contribution is 5.92. The van der Waals surface area contributed by atoms with Crippen LogP contribution in [0.1, 0.15) is 30.9 Å². The van der Waals surface area contributed by atoms with Crippen LogP contribution in [0.4, 0.5) is 14.6 Å². The van der Waals surface area contributed by atoms with E-state index in [0.29, 0.717) is 30.9 Å². The van der Waals surface area contributed by atoms with Gasteiger partial charge in [0.2, 0.25) is 5.91 Å². The number of hydrogen-bond acceptors (Lipinski definition) is 2. The zero-order chi connectivity index (χ0) is 12.2. The molecule has 0 spiro atoms. The summed E-state index contributed by atoms with van der Waals surface area (Å²) in [5, 5.41) is 4.20. The lowest BCUT2D eigenvalue weighted by atomic mass is 10.3. The SMILES string of the molecule is CN1C(=O)CCCn2nc([C@@H]3CC3(F)F)cc21. The van der Waals surface area contributed by atoms with E-state index in [1.54, 1.807) is 17.8 Å². The average molecular weight is 241 g/mol. The Bertz CT molecular complexity index is 483. The molecule has 1 saturated carbocycles. The summed E-state index contributed by atoms with van der Waals surface area (Å²) >= 11 is 0. The molecule has 1 aromatic rings. The third kappa shape index (κ3) is 1.62. The van der Waals surface area contributed by atoms with Gasteiger partial charge in [-0.25, -0.2) is 13.5 Å². The monoisotopic (exact) mass is 241 g/mol. The maximum absolute atomic E-state index is 13.0. The molecule has 92 valence electrons. The summed E-state index contributed by atoms with van der Waals surface area (Å²) in [6.07, 6.45) is 1.06. The van der Waals surface area contributed by atoms with Crippen molar-refractivity contribution >= 4 is 11.7 Å². The third-order valence-electron chi connectivity index (χ3n) is 3.44. The van der Waals surface area contributed by atoms with Gasteiger partial charge in [0.25, 0.3) is 5.92 Å². The Morgan fingerprint density at radius 1 is 1.53 bits per heavy atom. The molecule has 4 nitrogen and oxygen atoms in total. The summed E-state index contributed by atoms with van der Waals surface area (Å²) in [6, 6.07) is 1.62. The van der Waals surface area contributed by atoms with E-state index in [1.807, 2.05) is 0 Å². The number of carbonyl (C=O) groups is 1. The van der Waals surface area contributed by atoms with E-state index < -0.39 is 11.8 Å². The number of hydrogen-bond donors (Lipinski definition) is 0. The molecule has 3 rings (SSSR count). The molecule has 1 aromatic heterocycles. The highest BCUT2D eigenvalue weighted by atomic mass is 19.3. The van der Waals surface area contributed by atoms with Gasteiger partial charge in [-0.3, -0.25) is 4.79 Å². The van der Waals surface area contributed by atoms with Gasteiger partial charge in [0, 0.05) is 32.5 Å². The van der Waals surface area contributed by atoms with Gasteiger partial charge in [0.05, 0.1) is 11.6 Å². The van der Waals surface area contributed by atoms with Crippen molar-refractivity contribution in [3.63, 3.8) is 0 Å². The largest absolute Gasteiger partial charge is 0.300 e. The summed E-state index contributed by atoms with van der Waals surface area (Å²) in [5.41, 5.74) is 0.409. The molecule has 2 heterocycles. The molecule has 1 amide bonds. The van der Waals surface area contributed by atoms with E-state index in [0.717, 1.165) is 0 Å². The van der Waals surface area contributed by atoms with Crippen LogP contribution in [0.5, 0.6) is 0 Å². The minimum atomic E-state index is -2.61. The number of anilines is 1. The minimum absolute atomic E-state index is 0.0118. The van der Waals surface area contributed by atoms with E-state index in [2.05, 4.69) is 5.10 Å². The molecule has 0 N–H and O–H groups in total. The van der Waals surface area contributed by atoms with E-state index in [-0.39, 0.29) is 12.3 Å². The Morgan fingerprint density at radius 2 is 2.24 bits per heavy atom. The van der Waals surface area contributed by atoms with Crippen LogP contribution in [0, 0.1) is 0 Å². The lowest BCUT2D eigenvalue weighted by molar-refractivity contribution is -0.118. The molecular formula is C11H13F2N3O. The van der Waals surface area contributed by atoms with Crippen molar-refractivity contribution in [3.05, 3.63) is 11.8 Å². The molecule has 1 aliphatic heterocycles. The van der Waals surface area contributed by atoms with Crippen molar-refractivity contribution in [1.82, 2.24) is 9.78 Å². The quantitative estimate of drug-likeness (QED) is 0.751. The number of aryl methyl sites for hydroxylation is 1. The molecular weight excluding hydrogens is 228 g/mol. The summed E-state index contributed by atoms with van der Waals surface area (Å²) in [6.45, 7) is 0.615. The highest BCUT2D eigenvalue weighted by Crippen LogP contribution is 2.55. The van der Waals surface area contributed by atoms with Crippen LogP contribution in [-0.2, 0) is 11.3 Å². The Labute approximate surface area is 97.2 Å². The molecule has 0 saturated heterocycles. The Balaban J connectivity index is 1.95. The molecule has 0 radical (unpaired) electrons. The molecule has 0 bridgehead atoms. The van der Waals surface area contributed by atoms with Gasteiger partial charge in [-0.15, -0.1) is 0 Å². The second-order valence-corrected chi connectivity index (χ2v) is 4.72. The zero-order valence-corrected chi connectivity index (χ0v) is 9.49. The summed E-state index contributed by atoms with van der Waals surface area (Å²) in [7, 11) is 1.66. The maximum atomic E-state index is 13.0. The summed E-state index contributed by atoms with van der Waals surface area (Å²) in [4.78, 5) is 13.1. The van der Waals surface area contributed by atoms with Crippen LogP contribution >= 0.6 is 0 Å². The minimum Gasteiger partial charge on any atom is -0.300 e. The van der Waals surface area contributed by atoms with E-state index in [1.165, 1.54) is 4.90 Å². The van der Waals surface area contributed by atoms with Gasteiger partial charge in [-0.05, 0) is 6.42 Å². The smallest absolute Gasteiger partial charge is 0.257 e. The Hall–Kier alpha value is -1.46. The average Bonchev–Trinajstić information content (AvgIpc) is 2.75.